The van der Waals surface area contributed by atoms with E-state index < -0.39 is 20.0 Å². The third-order valence-corrected chi connectivity index (χ3v) is 9.80. The quantitative estimate of drug-likeness (QED) is 0.496. The number of benzene rings is 2. The molecule has 0 atom stereocenters. The second-order valence-corrected chi connectivity index (χ2v) is 14.9. The fraction of sp³-hybridized carbons (Fsp3) is 0.476. The molecule has 2 rings (SSSR count). The molecule has 0 unspecified atom stereocenters. The minimum atomic E-state index is -1.95. The van der Waals surface area contributed by atoms with Crippen molar-refractivity contribution >= 4 is 46.8 Å². The molecular formula is C21H30BrNO3Si. The second-order valence-electron chi connectivity index (χ2n) is 9.29. The summed E-state index contributed by atoms with van der Waals surface area (Å²) >= 11 is 3.59. The fourth-order valence-corrected chi connectivity index (χ4v) is 3.82. The molecule has 0 aromatic heterocycles. The van der Waals surface area contributed by atoms with Crippen LogP contribution in [0.15, 0.2) is 34.8 Å². The van der Waals surface area contributed by atoms with Gasteiger partial charge in [-0.25, -0.2) is 4.79 Å². The lowest BCUT2D eigenvalue weighted by atomic mass is 10.1. The minimum Gasteiger partial charge on any atom is -0.543 e. The third kappa shape index (κ3) is 5.48. The van der Waals surface area contributed by atoms with Crippen LogP contribution < -0.4 is 9.74 Å². The van der Waals surface area contributed by atoms with Gasteiger partial charge in [-0.2, -0.15) is 0 Å². The molecule has 0 aliphatic heterocycles. The fourth-order valence-electron chi connectivity index (χ4n) is 2.32. The number of ether oxygens (including phenoxy) is 1. The first-order chi connectivity index (χ1) is 12.2. The largest absolute Gasteiger partial charge is 0.543 e. The predicted octanol–water partition coefficient (Wildman–Crippen LogP) is 7.33. The first-order valence-electron chi connectivity index (χ1n) is 9.11. The molecule has 2 aromatic carbocycles. The Morgan fingerprint density at radius 2 is 1.63 bits per heavy atom. The summed E-state index contributed by atoms with van der Waals surface area (Å²) in [5, 5.41) is 4.89. The first kappa shape index (κ1) is 21.8. The van der Waals surface area contributed by atoms with Gasteiger partial charge in [-0.3, -0.25) is 5.32 Å². The Morgan fingerprint density at radius 1 is 1.00 bits per heavy atom. The molecule has 2 aromatic rings. The first-order valence-corrected chi connectivity index (χ1v) is 12.8. The highest BCUT2D eigenvalue weighted by molar-refractivity contribution is 9.10. The van der Waals surface area contributed by atoms with E-state index in [0.717, 1.165) is 21.0 Å². The maximum absolute atomic E-state index is 12.2. The predicted molar refractivity (Wildman–Crippen MR) is 119 cm³/mol. The van der Waals surface area contributed by atoms with Gasteiger partial charge in [0.2, 0.25) is 8.32 Å². The number of nitrogens with one attached hydrogen (secondary N) is 1. The number of amides is 1. The molecular weight excluding hydrogens is 422 g/mol. The maximum Gasteiger partial charge on any atom is 0.412 e. The highest BCUT2D eigenvalue weighted by atomic mass is 79.9. The van der Waals surface area contributed by atoms with E-state index in [1.54, 1.807) is 0 Å². The van der Waals surface area contributed by atoms with Crippen LogP contribution in [0.4, 0.5) is 10.5 Å². The van der Waals surface area contributed by atoms with E-state index in [9.17, 15) is 4.79 Å². The van der Waals surface area contributed by atoms with Crippen molar-refractivity contribution in [1.82, 2.24) is 0 Å². The minimum absolute atomic E-state index is 0.108. The summed E-state index contributed by atoms with van der Waals surface area (Å²) in [6.45, 7) is 16.6. The van der Waals surface area contributed by atoms with Crippen molar-refractivity contribution in [3.63, 3.8) is 0 Å². The monoisotopic (exact) mass is 451 g/mol. The van der Waals surface area contributed by atoms with Crippen molar-refractivity contribution < 1.29 is 14.0 Å². The molecule has 0 bridgehead atoms. The zero-order valence-corrected chi connectivity index (χ0v) is 20.1. The average molecular weight is 452 g/mol. The molecule has 4 nitrogen and oxygen atoms in total. The lowest BCUT2D eigenvalue weighted by Gasteiger charge is -2.36. The molecule has 0 aliphatic rings. The zero-order chi connectivity index (χ0) is 20.6. The van der Waals surface area contributed by atoms with Gasteiger partial charge >= 0.3 is 6.09 Å². The van der Waals surface area contributed by atoms with Crippen molar-refractivity contribution in [2.24, 2.45) is 0 Å². The Labute approximate surface area is 171 Å². The van der Waals surface area contributed by atoms with Crippen LogP contribution in [0.3, 0.4) is 0 Å². The van der Waals surface area contributed by atoms with Gasteiger partial charge in [0.1, 0.15) is 11.4 Å². The number of carbonyl (C=O) groups is 1. The molecule has 27 heavy (non-hydrogen) atoms. The van der Waals surface area contributed by atoms with Gasteiger partial charge in [-0.05, 0) is 74.6 Å². The maximum atomic E-state index is 12.2. The molecule has 0 spiro atoms. The SMILES string of the molecule is CC(C)(C)OC(=O)Nc1ccc(Br)c2ccc(O[Si](C)(C)C(C)(C)C)cc12. The van der Waals surface area contributed by atoms with Gasteiger partial charge in [0.05, 0.1) is 5.69 Å². The van der Waals surface area contributed by atoms with Gasteiger partial charge in [-0.1, -0.05) is 36.7 Å². The van der Waals surface area contributed by atoms with Crippen LogP contribution in [0.5, 0.6) is 5.75 Å². The number of anilines is 1. The van der Waals surface area contributed by atoms with Crippen molar-refractivity contribution in [3.8, 4) is 5.75 Å². The van der Waals surface area contributed by atoms with Crippen LogP contribution in [-0.2, 0) is 4.74 Å². The number of hydrogen-bond acceptors (Lipinski definition) is 3. The van der Waals surface area contributed by atoms with E-state index in [4.69, 9.17) is 9.16 Å². The molecule has 0 radical (unpaired) electrons. The van der Waals surface area contributed by atoms with E-state index >= 15 is 0 Å². The number of halogens is 1. The Bertz CT molecular complexity index is 851. The Kier molecular flexibility index (Phi) is 6.02. The number of carbonyl (C=O) groups excluding carboxylic acids is 1. The van der Waals surface area contributed by atoms with Gasteiger partial charge < -0.3 is 9.16 Å². The molecule has 0 aliphatic carbocycles. The van der Waals surface area contributed by atoms with Gasteiger partial charge in [0, 0.05) is 9.86 Å². The lowest BCUT2D eigenvalue weighted by molar-refractivity contribution is 0.0636. The molecule has 1 amide bonds. The van der Waals surface area contributed by atoms with Gasteiger partial charge in [0.15, 0.2) is 0 Å². The van der Waals surface area contributed by atoms with Crippen molar-refractivity contribution in [1.29, 1.82) is 0 Å². The van der Waals surface area contributed by atoms with Crippen LogP contribution >= 0.6 is 15.9 Å². The standard InChI is InChI=1S/C21H30BrNO3Si/c1-20(2,3)25-19(24)23-18-12-11-17(22)15-10-9-14(13-16(15)18)26-27(7,8)21(4,5)6/h9-13H,1-8H3,(H,23,24). The summed E-state index contributed by atoms with van der Waals surface area (Å²) in [5.41, 5.74) is 0.148. The highest BCUT2D eigenvalue weighted by Crippen LogP contribution is 2.39. The summed E-state index contributed by atoms with van der Waals surface area (Å²) in [6.07, 6.45) is -0.471. The Morgan fingerprint density at radius 3 is 2.19 bits per heavy atom. The summed E-state index contributed by atoms with van der Waals surface area (Å²) in [5.74, 6) is 0.819. The Balaban J connectivity index is 2.42. The van der Waals surface area contributed by atoms with E-state index in [1.807, 2.05) is 51.1 Å². The van der Waals surface area contributed by atoms with Crippen molar-refractivity contribution in [2.45, 2.75) is 65.3 Å². The molecule has 0 saturated carbocycles. The lowest BCUT2D eigenvalue weighted by Crippen LogP contribution is -2.43. The smallest absolute Gasteiger partial charge is 0.412 e. The molecule has 148 valence electrons. The van der Waals surface area contributed by atoms with Crippen LogP contribution in [0.2, 0.25) is 18.1 Å². The van der Waals surface area contributed by atoms with E-state index in [-0.39, 0.29) is 5.04 Å². The van der Waals surface area contributed by atoms with Crippen LogP contribution in [0.1, 0.15) is 41.5 Å². The summed E-state index contributed by atoms with van der Waals surface area (Å²) in [7, 11) is -1.95. The van der Waals surface area contributed by atoms with Crippen molar-refractivity contribution in [3.05, 3.63) is 34.8 Å². The molecule has 6 heteroatoms. The number of rotatable bonds is 3. The average Bonchev–Trinajstić information content (AvgIpc) is 2.47. The molecule has 0 heterocycles. The van der Waals surface area contributed by atoms with E-state index in [1.165, 1.54) is 0 Å². The van der Waals surface area contributed by atoms with Gasteiger partial charge in [0.25, 0.3) is 0 Å². The van der Waals surface area contributed by atoms with E-state index in [2.05, 4.69) is 55.1 Å². The normalized spacial score (nSPS) is 12.8. The van der Waals surface area contributed by atoms with Crippen molar-refractivity contribution in [2.75, 3.05) is 5.32 Å². The number of hydrogen-bond donors (Lipinski definition) is 1. The zero-order valence-electron chi connectivity index (χ0n) is 17.5. The summed E-state index contributed by atoms with van der Waals surface area (Å²) in [6, 6.07) is 9.79. The van der Waals surface area contributed by atoms with Gasteiger partial charge in [-0.15, -0.1) is 0 Å². The summed E-state index contributed by atoms with van der Waals surface area (Å²) in [4.78, 5) is 12.2. The molecule has 1 N–H and O–H groups in total. The van der Waals surface area contributed by atoms with Crippen LogP contribution in [0, 0.1) is 0 Å². The van der Waals surface area contributed by atoms with Crippen LogP contribution in [0.25, 0.3) is 10.8 Å². The highest BCUT2D eigenvalue weighted by Gasteiger charge is 2.39. The topological polar surface area (TPSA) is 47.6 Å². The van der Waals surface area contributed by atoms with Crippen LogP contribution in [-0.4, -0.2) is 20.0 Å². The summed E-state index contributed by atoms with van der Waals surface area (Å²) < 4.78 is 12.8. The molecule has 0 saturated heterocycles. The molecule has 0 fully saturated rings. The second kappa shape index (κ2) is 7.47. The number of fused-ring (bicyclic) bond motifs is 1. The van der Waals surface area contributed by atoms with E-state index in [0.29, 0.717) is 5.69 Å². The third-order valence-electron chi connectivity index (χ3n) is 4.75. The Hall–Kier alpha value is -1.53.